The zero-order valence-electron chi connectivity index (χ0n) is 10.9. The van der Waals surface area contributed by atoms with E-state index in [1.54, 1.807) is 43.7 Å². The van der Waals surface area contributed by atoms with Crippen molar-refractivity contribution in [1.29, 1.82) is 0 Å². The van der Waals surface area contributed by atoms with E-state index >= 15 is 0 Å². The van der Waals surface area contributed by atoms with Gasteiger partial charge in [0.25, 0.3) is 0 Å². The molecule has 0 aromatic heterocycles. The van der Waals surface area contributed by atoms with Crippen LogP contribution in [0.4, 0.5) is 16.2 Å². The summed E-state index contributed by atoms with van der Waals surface area (Å²) in [6.07, 6.45) is -1.46. The summed E-state index contributed by atoms with van der Waals surface area (Å²) < 4.78 is 31.9. The van der Waals surface area contributed by atoms with Gasteiger partial charge in [-0.1, -0.05) is 6.07 Å². The van der Waals surface area contributed by atoms with Crippen molar-refractivity contribution in [2.45, 2.75) is 26.9 Å². The molecule has 1 rings (SSSR count). The molecule has 8 heteroatoms. The third-order valence-electron chi connectivity index (χ3n) is 2.01. The van der Waals surface area contributed by atoms with Gasteiger partial charge in [-0.25, -0.2) is 9.52 Å². The number of nitrogen functional groups attached to an aromatic ring is 1. The van der Waals surface area contributed by atoms with E-state index in [0.29, 0.717) is 0 Å². The highest BCUT2D eigenvalue weighted by Gasteiger charge is 2.17. The normalized spacial score (nSPS) is 11.2. The standard InChI is InChI=1S/C11H17N3O4S/c1-7(2)18-11(15)14-19(16,17)13-10-6-8(3)4-5-9(10)12/h4-7,13H,12H2,1-3H3,(H,14,15). The summed E-state index contributed by atoms with van der Waals surface area (Å²) in [6.45, 7) is 5.01. The number of nitrogens with two attached hydrogens (primary N) is 1. The zero-order chi connectivity index (χ0) is 14.6. The lowest BCUT2D eigenvalue weighted by Gasteiger charge is -2.13. The Labute approximate surface area is 112 Å². The summed E-state index contributed by atoms with van der Waals surface area (Å²) in [5, 5.41) is 0. The van der Waals surface area contributed by atoms with Crippen molar-refractivity contribution in [3.8, 4) is 0 Å². The van der Waals surface area contributed by atoms with Crippen molar-refractivity contribution in [3.05, 3.63) is 23.8 Å². The van der Waals surface area contributed by atoms with E-state index in [1.807, 2.05) is 0 Å². The lowest BCUT2D eigenvalue weighted by Crippen LogP contribution is -2.37. The van der Waals surface area contributed by atoms with Gasteiger partial charge < -0.3 is 10.5 Å². The number of rotatable bonds is 4. The number of amides is 1. The number of carbonyl (C=O) groups is 1. The molecule has 19 heavy (non-hydrogen) atoms. The lowest BCUT2D eigenvalue weighted by molar-refractivity contribution is 0.121. The number of carbonyl (C=O) groups excluding carboxylic acids is 1. The van der Waals surface area contributed by atoms with E-state index in [-0.39, 0.29) is 11.4 Å². The number of anilines is 2. The van der Waals surface area contributed by atoms with Crippen molar-refractivity contribution in [2.24, 2.45) is 0 Å². The second kappa shape index (κ2) is 5.79. The highest BCUT2D eigenvalue weighted by Crippen LogP contribution is 2.20. The molecule has 0 unspecified atom stereocenters. The van der Waals surface area contributed by atoms with Crippen LogP contribution in [0.2, 0.25) is 0 Å². The number of hydrogen-bond acceptors (Lipinski definition) is 5. The van der Waals surface area contributed by atoms with Crippen LogP contribution in [-0.2, 0) is 14.9 Å². The average Bonchev–Trinajstić information content (AvgIpc) is 2.20. The van der Waals surface area contributed by atoms with Gasteiger partial charge in [0.15, 0.2) is 0 Å². The van der Waals surface area contributed by atoms with E-state index in [9.17, 15) is 13.2 Å². The van der Waals surface area contributed by atoms with Crippen LogP contribution in [0.5, 0.6) is 0 Å². The minimum Gasteiger partial charge on any atom is -0.446 e. The molecule has 4 N–H and O–H groups in total. The van der Waals surface area contributed by atoms with Crippen LogP contribution in [0.1, 0.15) is 19.4 Å². The maximum absolute atomic E-state index is 11.7. The van der Waals surface area contributed by atoms with Crippen LogP contribution in [0.15, 0.2) is 18.2 Å². The number of hydrogen-bond donors (Lipinski definition) is 3. The fourth-order valence-electron chi connectivity index (χ4n) is 1.28. The summed E-state index contributed by atoms with van der Waals surface area (Å²) in [5.74, 6) is 0. The quantitative estimate of drug-likeness (QED) is 0.724. The third-order valence-corrected chi connectivity index (χ3v) is 2.94. The zero-order valence-corrected chi connectivity index (χ0v) is 11.7. The van der Waals surface area contributed by atoms with Gasteiger partial charge in [-0.05, 0) is 38.5 Å². The van der Waals surface area contributed by atoms with E-state index < -0.39 is 22.4 Å². The van der Waals surface area contributed by atoms with Crippen LogP contribution in [0.25, 0.3) is 0 Å². The number of benzene rings is 1. The van der Waals surface area contributed by atoms with E-state index in [4.69, 9.17) is 5.73 Å². The molecule has 0 saturated carbocycles. The first kappa shape index (κ1) is 15.1. The molecule has 1 aromatic rings. The Hall–Kier alpha value is -1.96. The lowest BCUT2D eigenvalue weighted by atomic mass is 10.2. The van der Waals surface area contributed by atoms with Crippen LogP contribution in [0.3, 0.4) is 0 Å². The second-order valence-corrected chi connectivity index (χ2v) is 5.67. The van der Waals surface area contributed by atoms with Crippen LogP contribution in [0, 0.1) is 6.92 Å². The first-order chi connectivity index (χ1) is 8.69. The molecule has 7 nitrogen and oxygen atoms in total. The molecular weight excluding hydrogens is 270 g/mol. The minimum absolute atomic E-state index is 0.199. The van der Waals surface area contributed by atoms with Crippen molar-refractivity contribution >= 4 is 27.7 Å². The Morgan fingerprint density at radius 1 is 1.37 bits per heavy atom. The molecule has 0 atom stereocenters. The molecule has 0 aliphatic carbocycles. The summed E-state index contributed by atoms with van der Waals surface area (Å²) in [7, 11) is -4.07. The van der Waals surface area contributed by atoms with Crippen LogP contribution in [-0.4, -0.2) is 20.6 Å². The summed E-state index contributed by atoms with van der Waals surface area (Å²) in [6, 6.07) is 4.87. The van der Waals surface area contributed by atoms with Gasteiger partial charge in [0.05, 0.1) is 17.5 Å². The number of ether oxygens (including phenoxy) is 1. The Morgan fingerprint density at radius 2 is 2.00 bits per heavy atom. The van der Waals surface area contributed by atoms with Gasteiger partial charge in [0, 0.05) is 0 Å². The number of nitrogens with one attached hydrogen (secondary N) is 2. The molecule has 0 aliphatic rings. The Bertz CT molecular complexity index is 569. The predicted octanol–water partition coefficient (Wildman–Crippen LogP) is 1.37. The van der Waals surface area contributed by atoms with Crippen LogP contribution < -0.4 is 15.2 Å². The van der Waals surface area contributed by atoms with Crippen molar-refractivity contribution in [1.82, 2.24) is 4.72 Å². The SMILES string of the molecule is Cc1ccc(N)c(NS(=O)(=O)NC(=O)OC(C)C)c1. The first-order valence-corrected chi connectivity index (χ1v) is 7.05. The van der Waals surface area contributed by atoms with Gasteiger partial charge >= 0.3 is 16.3 Å². The fraction of sp³-hybridized carbons (Fsp3) is 0.364. The number of aryl methyl sites for hydroxylation is 1. The van der Waals surface area contributed by atoms with Gasteiger partial charge in [-0.3, -0.25) is 4.72 Å². The molecule has 0 bridgehead atoms. The van der Waals surface area contributed by atoms with Gasteiger partial charge in [-0.2, -0.15) is 8.42 Å². The monoisotopic (exact) mass is 287 g/mol. The van der Waals surface area contributed by atoms with Crippen molar-refractivity contribution in [3.63, 3.8) is 0 Å². The molecule has 0 fully saturated rings. The highest BCUT2D eigenvalue weighted by molar-refractivity contribution is 7.91. The maximum atomic E-state index is 11.7. The Balaban J connectivity index is 2.80. The highest BCUT2D eigenvalue weighted by atomic mass is 32.2. The minimum atomic E-state index is -4.07. The average molecular weight is 287 g/mol. The predicted molar refractivity (Wildman–Crippen MR) is 72.9 cm³/mol. The second-order valence-electron chi connectivity index (χ2n) is 4.25. The molecule has 1 aromatic carbocycles. The molecule has 0 saturated heterocycles. The molecule has 1 amide bonds. The molecule has 0 aliphatic heterocycles. The van der Waals surface area contributed by atoms with Gasteiger partial charge in [0.1, 0.15) is 0 Å². The molecule has 0 spiro atoms. The van der Waals surface area contributed by atoms with E-state index in [2.05, 4.69) is 9.46 Å². The Morgan fingerprint density at radius 3 is 2.58 bits per heavy atom. The topological polar surface area (TPSA) is 111 Å². The van der Waals surface area contributed by atoms with Crippen molar-refractivity contribution < 1.29 is 17.9 Å². The first-order valence-electron chi connectivity index (χ1n) is 5.57. The fourth-order valence-corrected chi connectivity index (χ4v) is 2.06. The largest absolute Gasteiger partial charge is 0.446 e. The summed E-state index contributed by atoms with van der Waals surface area (Å²) in [4.78, 5) is 11.2. The van der Waals surface area contributed by atoms with Gasteiger partial charge in [-0.15, -0.1) is 0 Å². The van der Waals surface area contributed by atoms with E-state index in [1.165, 1.54) is 0 Å². The Kier molecular flexibility index (Phi) is 4.60. The van der Waals surface area contributed by atoms with Gasteiger partial charge in [0.2, 0.25) is 0 Å². The van der Waals surface area contributed by atoms with Crippen molar-refractivity contribution in [2.75, 3.05) is 10.5 Å². The molecule has 106 valence electrons. The smallest absolute Gasteiger partial charge is 0.422 e. The molecular formula is C11H17N3O4S. The molecule has 0 radical (unpaired) electrons. The van der Waals surface area contributed by atoms with E-state index in [0.717, 1.165) is 5.56 Å². The summed E-state index contributed by atoms with van der Waals surface area (Å²) in [5.41, 5.74) is 6.92. The summed E-state index contributed by atoms with van der Waals surface area (Å²) >= 11 is 0. The maximum Gasteiger partial charge on any atom is 0.422 e. The van der Waals surface area contributed by atoms with Crippen LogP contribution >= 0.6 is 0 Å². The molecule has 0 heterocycles. The third kappa shape index (κ3) is 5.04.